The summed E-state index contributed by atoms with van der Waals surface area (Å²) in [6.45, 7) is 0.842. The van der Waals surface area contributed by atoms with Crippen molar-refractivity contribution in [2.75, 3.05) is 30.8 Å². The number of anilines is 1. The molecule has 2 saturated heterocycles. The number of urea groups is 1. The predicted molar refractivity (Wildman–Crippen MR) is 93.3 cm³/mol. The van der Waals surface area contributed by atoms with E-state index >= 15 is 0 Å². The van der Waals surface area contributed by atoms with Crippen LogP contribution in [0.25, 0.3) is 0 Å². The van der Waals surface area contributed by atoms with Gasteiger partial charge in [-0.05, 0) is 12.1 Å². The Hall–Kier alpha value is -2.46. The molecule has 1 N–H and O–H groups in total. The van der Waals surface area contributed by atoms with Crippen LogP contribution in [-0.2, 0) is 21.1 Å². The molecule has 0 aliphatic carbocycles. The molecule has 0 radical (unpaired) electrons. The molecule has 0 saturated carbocycles. The summed E-state index contributed by atoms with van der Waals surface area (Å²) in [6, 6.07) is 8.86. The first-order chi connectivity index (χ1) is 12.5. The number of rotatable bonds is 3. The van der Waals surface area contributed by atoms with Crippen molar-refractivity contribution in [2.24, 2.45) is 0 Å². The number of ether oxygens (including phenoxy) is 1. The van der Waals surface area contributed by atoms with Gasteiger partial charge in [-0.15, -0.1) is 0 Å². The zero-order valence-electron chi connectivity index (χ0n) is 14.0. The maximum Gasteiger partial charge on any atom is 0.322 e. The number of hydrogen-bond acceptors (Lipinski definition) is 6. The standard InChI is InChI=1S/C16H19N5O4S/c22-15(19-13-4-2-1-3-5-13)20-8-16(9-20)10-26(23,24)14(7-25-16)6-21-12-17-11-18-21/h1-5,11-12,14H,6-10H2,(H,19,22)/t14-/m0/s1. The lowest BCUT2D eigenvalue weighted by Gasteiger charge is -2.51. The minimum Gasteiger partial charge on any atom is -0.369 e. The Kier molecular flexibility index (Phi) is 4.16. The van der Waals surface area contributed by atoms with E-state index in [-0.39, 0.29) is 38.0 Å². The van der Waals surface area contributed by atoms with Gasteiger partial charge in [0.1, 0.15) is 23.5 Å². The first kappa shape index (κ1) is 17.0. The fourth-order valence-corrected chi connectivity index (χ4v) is 5.19. The molecule has 1 atom stereocenters. The lowest BCUT2D eigenvalue weighted by molar-refractivity contribution is -0.117. The second-order valence-corrected chi connectivity index (χ2v) is 8.97. The Morgan fingerprint density at radius 2 is 2.08 bits per heavy atom. The highest BCUT2D eigenvalue weighted by Crippen LogP contribution is 2.33. The molecule has 0 unspecified atom stereocenters. The minimum atomic E-state index is -3.35. The van der Waals surface area contributed by atoms with Gasteiger partial charge in [-0.25, -0.2) is 18.2 Å². The van der Waals surface area contributed by atoms with Crippen LogP contribution in [0.2, 0.25) is 0 Å². The zero-order chi connectivity index (χ0) is 18.2. The van der Waals surface area contributed by atoms with E-state index in [9.17, 15) is 13.2 Å². The van der Waals surface area contributed by atoms with Gasteiger partial charge in [0.25, 0.3) is 0 Å². The molecule has 2 aromatic rings. The number of nitrogens with zero attached hydrogens (tertiary/aromatic N) is 4. The Morgan fingerprint density at radius 3 is 2.73 bits per heavy atom. The molecule has 2 amide bonds. The van der Waals surface area contributed by atoms with Crippen molar-refractivity contribution in [1.29, 1.82) is 0 Å². The number of carbonyl (C=O) groups excluding carboxylic acids is 1. The molecule has 2 aliphatic rings. The SMILES string of the molecule is O=C(Nc1ccccc1)N1CC2(C1)CS(=O)(=O)[C@@H](Cn1cncn1)CO2. The van der Waals surface area contributed by atoms with E-state index < -0.39 is 20.7 Å². The molecular weight excluding hydrogens is 358 g/mol. The van der Waals surface area contributed by atoms with Gasteiger partial charge in [-0.2, -0.15) is 5.10 Å². The largest absolute Gasteiger partial charge is 0.369 e. The zero-order valence-corrected chi connectivity index (χ0v) is 14.8. The van der Waals surface area contributed by atoms with Crippen LogP contribution in [0, 0.1) is 0 Å². The van der Waals surface area contributed by atoms with Crippen LogP contribution in [0.5, 0.6) is 0 Å². The van der Waals surface area contributed by atoms with Gasteiger partial charge in [-0.1, -0.05) is 18.2 Å². The first-order valence-corrected chi connectivity index (χ1v) is 9.96. The number of carbonyl (C=O) groups is 1. The molecule has 0 bridgehead atoms. The number of likely N-dealkylation sites (tertiary alicyclic amines) is 1. The van der Waals surface area contributed by atoms with E-state index in [0.717, 1.165) is 0 Å². The van der Waals surface area contributed by atoms with Gasteiger partial charge in [0.15, 0.2) is 9.84 Å². The summed E-state index contributed by atoms with van der Waals surface area (Å²) in [4.78, 5) is 17.6. The lowest BCUT2D eigenvalue weighted by Crippen LogP contribution is -2.71. The summed E-state index contributed by atoms with van der Waals surface area (Å²) in [5.41, 5.74) is -0.102. The van der Waals surface area contributed by atoms with Crippen molar-refractivity contribution >= 4 is 21.6 Å². The van der Waals surface area contributed by atoms with Gasteiger partial charge in [0.2, 0.25) is 0 Å². The second-order valence-electron chi connectivity index (χ2n) is 6.69. The van der Waals surface area contributed by atoms with Crippen LogP contribution in [0.3, 0.4) is 0 Å². The predicted octanol–water partition coefficient (Wildman–Crippen LogP) is 0.378. The molecule has 1 spiro atoms. The van der Waals surface area contributed by atoms with Gasteiger partial charge >= 0.3 is 6.03 Å². The quantitative estimate of drug-likeness (QED) is 0.829. The Morgan fingerprint density at radius 1 is 1.31 bits per heavy atom. The van der Waals surface area contributed by atoms with E-state index in [1.807, 2.05) is 18.2 Å². The molecule has 1 aromatic heterocycles. The van der Waals surface area contributed by atoms with Crippen LogP contribution >= 0.6 is 0 Å². The van der Waals surface area contributed by atoms with Gasteiger partial charge in [-0.3, -0.25) is 4.68 Å². The van der Waals surface area contributed by atoms with Crippen molar-refractivity contribution in [3.8, 4) is 0 Å². The molecule has 26 heavy (non-hydrogen) atoms. The Bertz CT molecular complexity index is 879. The van der Waals surface area contributed by atoms with Crippen LogP contribution in [-0.4, -0.2) is 70.4 Å². The van der Waals surface area contributed by atoms with E-state index in [1.165, 1.54) is 17.3 Å². The first-order valence-electron chi connectivity index (χ1n) is 8.25. The van der Waals surface area contributed by atoms with E-state index in [4.69, 9.17) is 4.74 Å². The smallest absolute Gasteiger partial charge is 0.322 e. The summed E-state index contributed by atoms with van der Waals surface area (Å²) in [7, 11) is -3.35. The summed E-state index contributed by atoms with van der Waals surface area (Å²) >= 11 is 0. The Labute approximate surface area is 150 Å². The lowest BCUT2D eigenvalue weighted by atomic mass is 9.96. The summed E-state index contributed by atoms with van der Waals surface area (Å²) in [5.74, 6) is -0.0888. The van der Waals surface area contributed by atoms with Crippen molar-refractivity contribution in [3.05, 3.63) is 43.0 Å². The normalized spacial score (nSPS) is 23.4. The molecule has 3 heterocycles. The average molecular weight is 377 g/mol. The third-order valence-electron chi connectivity index (χ3n) is 4.68. The highest BCUT2D eigenvalue weighted by atomic mass is 32.2. The fourth-order valence-electron chi connectivity index (χ4n) is 3.30. The number of aromatic nitrogens is 3. The molecule has 4 rings (SSSR count). The third-order valence-corrected chi connectivity index (χ3v) is 6.90. The number of sulfone groups is 1. The maximum atomic E-state index is 12.6. The number of amides is 2. The number of para-hydroxylation sites is 1. The third kappa shape index (κ3) is 3.29. The highest BCUT2D eigenvalue weighted by Gasteiger charge is 2.53. The van der Waals surface area contributed by atoms with Gasteiger partial charge in [0.05, 0.1) is 32.0 Å². The molecule has 2 fully saturated rings. The highest BCUT2D eigenvalue weighted by molar-refractivity contribution is 7.92. The fraction of sp³-hybridized carbons (Fsp3) is 0.438. The molecule has 2 aliphatic heterocycles. The summed E-state index contributed by atoms with van der Waals surface area (Å²) < 4.78 is 32.6. The van der Waals surface area contributed by atoms with E-state index in [1.54, 1.807) is 17.0 Å². The van der Waals surface area contributed by atoms with Crippen molar-refractivity contribution < 1.29 is 17.9 Å². The molecule has 10 heteroatoms. The van der Waals surface area contributed by atoms with Gasteiger partial charge in [0, 0.05) is 5.69 Å². The number of benzene rings is 1. The average Bonchev–Trinajstić information content (AvgIpc) is 3.08. The molecule has 9 nitrogen and oxygen atoms in total. The van der Waals surface area contributed by atoms with Crippen LogP contribution in [0.1, 0.15) is 0 Å². The maximum absolute atomic E-state index is 12.6. The molecule has 1 aromatic carbocycles. The molecule has 138 valence electrons. The molecular formula is C16H19N5O4S. The van der Waals surface area contributed by atoms with Crippen molar-refractivity contribution in [3.63, 3.8) is 0 Å². The van der Waals surface area contributed by atoms with Crippen molar-refractivity contribution in [2.45, 2.75) is 17.4 Å². The summed E-state index contributed by atoms with van der Waals surface area (Å²) in [6.07, 6.45) is 2.85. The van der Waals surface area contributed by atoms with Crippen molar-refractivity contribution in [1.82, 2.24) is 19.7 Å². The van der Waals surface area contributed by atoms with Gasteiger partial charge < -0.3 is 15.0 Å². The monoisotopic (exact) mass is 377 g/mol. The summed E-state index contributed by atoms with van der Waals surface area (Å²) in [5, 5.41) is 6.08. The number of hydrogen-bond donors (Lipinski definition) is 1. The van der Waals surface area contributed by atoms with Crippen LogP contribution in [0.15, 0.2) is 43.0 Å². The van der Waals surface area contributed by atoms with E-state index in [0.29, 0.717) is 5.69 Å². The van der Waals surface area contributed by atoms with Crippen LogP contribution in [0.4, 0.5) is 10.5 Å². The topological polar surface area (TPSA) is 106 Å². The minimum absolute atomic E-state index is 0.0888. The Balaban J connectivity index is 1.35. The number of nitrogens with one attached hydrogen (secondary N) is 1. The van der Waals surface area contributed by atoms with E-state index in [2.05, 4.69) is 15.4 Å². The second kappa shape index (κ2) is 6.36. The van der Waals surface area contributed by atoms with Crippen LogP contribution < -0.4 is 5.32 Å².